The number of aromatic nitrogens is 2. The molecule has 47 heavy (non-hydrogen) atoms. The van der Waals surface area contributed by atoms with Gasteiger partial charge in [0.15, 0.2) is 0 Å². The number of nitrogens with zero attached hydrogens (tertiary/aromatic N) is 2. The van der Waals surface area contributed by atoms with Gasteiger partial charge in [0.25, 0.3) is 11.5 Å². The van der Waals surface area contributed by atoms with Crippen molar-refractivity contribution in [2.24, 2.45) is 0 Å². The Bertz CT molecular complexity index is 1800. The van der Waals surface area contributed by atoms with E-state index in [2.05, 4.69) is 26.5 Å². The van der Waals surface area contributed by atoms with Crippen LogP contribution in [0.5, 0.6) is 0 Å². The molecule has 1 aliphatic carbocycles. The van der Waals surface area contributed by atoms with E-state index >= 15 is 0 Å². The predicted molar refractivity (Wildman–Crippen MR) is 167 cm³/mol. The molecular weight excluding hydrogens is 614 g/mol. The van der Waals surface area contributed by atoms with E-state index in [-0.39, 0.29) is 42.4 Å². The molecule has 0 saturated carbocycles. The summed E-state index contributed by atoms with van der Waals surface area (Å²) in [6.45, 7) is -0.177. The first-order valence-corrected chi connectivity index (χ1v) is 14.7. The van der Waals surface area contributed by atoms with Gasteiger partial charge in [0.1, 0.15) is 24.5 Å². The lowest BCUT2D eigenvalue weighted by Gasteiger charge is -2.30. The number of anilines is 1. The first-order valence-electron chi connectivity index (χ1n) is 14.7. The molecule has 1 heterocycles. The van der Waals surface area contributed by atoms with Crippen LogP contribution in [0.15, 0.2) is 41.2 Å². The molecule has 3 aromatic rings. The number of hydrogen-bond donors (Lipinski definition) is 7. The number of carboxylic acids is 3. The predicted octanol–water partition coefficient (Wildman–Crippen LogP) is 0.940. The number of hydrogen-bond acceptors (Lipinski definition) is 9. The summed E-state index contributed by atoms with van der Waals surface area (Å²) in [6, 6.07) is 6.85. The molecule has 15 nitrogen and oxygen atoms in total. The minimum Gasteiger partial charge on any atom is -0.481 e. The molecular formula is C32H33N5O10. The van der Waals surface area contributed by atoms with Gasteiger partial charge in [0, 0.05) is 24.1 Å². The molecule has 2 aromatic carbocycles. The molecule has 1 aliphatic rings. The van der Waals surface area contributed by atoms with Crippen molar-refractivity contribution in [1.82, 2.24) is 20.6 Å². The maximum Gasteiger partial charge on any atom is 0.326 e. The fraction of sp³-hybridized carbons (Fsp3) is 0.344. The summed E-state index contributed by atoms with van der Waals surface area (Å²) in [5.74, 6) is -2.77. The number of carbonyl (C=O) groups excluding carboxylic acids is 2. The Morgan fingerprint density at radius 1 is 1.00 bits per heavy atom. The number of amides is 2. The summed E-state index contributed by atoms with van der Waals surface area (Å²) < 4.78 is 0. The number of benzene rings is 2. The van der Waals surface area contributed by atoms with Gasteiger partial charge in [-0.1, -0.05) is 5.92 Å². The van der Waals surface area contributed by atoms with E-state index < -0.39 is 61.3 Å². The number of aromatic amines is 1. The Morgan fingerprint density at radius 3 is 2.28 bits per heavy atom. The van der Waals surface area contributed by atoms with Gasteiger partial charge < -0.3 is 40.9 Å². The molecule has 3 atom stereocenters. The standard InChI is InChI=1S/C32H33N5O10/c1-2-13-37(25-10-5-18-14-24-21(15-20(18)25)30(43)36-26(16-38)33-24)19-6-3-17(4-7-19)29(42)35-23(32(46)47)8-11-27(39)34-22(31(44)45)9-12-28(40)41/h1,3-4,6-7,14-15,22-23,25,38H,5,8-13,16H2,(H,34,39)(H,35,42)(H,40,41)(H,44,45)(H,46,47)(H,33,36,43)/t22-,23+,25+/m1/s1. The van der Waals surface area contributed by atoms with Gasteiger partial charge in [0.05, 0.1) is 23.5 Å². The van der Waals surface area contributed by atoms with Gasteiger partial charge in [-0.2, -0.15) is 0 Å². The third-order valence-corrected chi connectivity index (χ3v) is 7.85. The van der Waals surface area contributed by atoms with Crippen LogP contribution in [0.4, 0.5) is 5.69 Å². The minimum absolute atomic E-state index is 0.139. The Labute approximate surface area is 267 Å². The van der Waals surface area contributed by atoms with Crippen molar-refractivity contribution in [3.8, 4) is 12.3 Å². The number of aliphatic hydroxyl groups excluding tert-OH is 1. The minimum atomic E-state index is -1.47. The second-order valence-electron chi connectivity index (χ2n) is 11.0. The quantitative estimate of drug-likeness (QED) is 0.114. The van der Waals surface area contributed by atoms with Crippen LogP contribution >= 0.6 is 0 Å². The number of nitrogens with one attached hydrogen (secondary N) is 3. The molecule has 1 aromatic heterocycles. The smallest absolute Gasteiger partial charge is 0.326 e. The third-order valence-electron chi connectivity index (χ3n) is 7.85. The Kier molecular flexibility index (Phi) is 10.9. The maximum atomic E-state index is 12.9. The van der Waals surface area contributed by atoms with Crippen LogP contribution in [0.3, 0.4) is 0 Å². The summed E-state index contributed by atoms with van der Waals surface area (Å²) in [7, 11) is 0. The number of fused-ring (bicyclic) bond motifs is 2. The molecule has 0 unspecified atom stereocenters. The Balaban J connectivity index is 1.44. The van der Waals surface area contributed by atoms with E-state index in [1.807, 2.05) is 11.0 Å². The zero-order chi connectivity index (χ0) is 34.2. The van der Waals surface area contributed by atoms with Crippen molar-refractivity contribution in [3.63, 3.8) is 0 Å². The van der Waals surface area contributed by atoms with Gasteiger partial charge in [-0.05, 0) is 73.2 Å². The number of terminal acetylenes is 1. The van der Waals surface area contributed by atoms with Crippen LogP contribution in [0.1, 0.15) is 65.5 Å². The lowest BCUT2D eigenvalue weighted by atomic mass is 10.0. The van der Waals surface area contributed by atoms with Crippen molar-refractivity contribution in [2.45, 2.75) is 63.3 Å². The summed E-state index contributed by atoms with van der Waals surface area (Å²) in [4.78, 5) is 80.6. The first kappa shape index (κ1) is 34.1. The van der Waals surface area contributed by atoms with Crippen molar-refractivity contribution < 1.29 is 44.4 Å². The summed E-state index contributed by atoms with van der Waals surface area (Å²) in [6.07, 6.45) is 5.48. The second-order valence-corrected chi connectivity index (χ2v) is 11.0. The van der Waals surface area contributed by atoms with Gasteiger partial charge in [-0.15, -0.1) is 6.42 Å². The topological polar surface area (TPSA) is 239 Å². The molecule has 4 rings (SSSR count). The van der Waals surface area contributed by atoms with E-state index in [0.717, 1.165) is 11.1 Å². The molecule has 7 N–H and O–H groups in total. The molecule has 0 spiro atoms. The molecule has 0 aliphatic heterocycles. The van der Waals surface area contributed by atoms with E-state index in [4.69, 9.17) is 11.5 Å². The Morgan fingerprint density at radius 2 is 1.66 bits per heavy atom. The van der Waals surface area contributed by atoms with Crippen LogP contribution < -0.4 is 21.1 Å². The van der Waals surface area contributed by atoms with E-state index in [0.29, 0.717) is 29.4 Å². The highest BCUT2D eigenvalue weighted by Gasteiger charge is 2.30. The monoisotopic (exact) mass is 647 g/mol. The van der Waals surface area contributed by atoms with Gasteiger partial charge in [-0.3, -0.25) is 19.2 Å². The van der Waals surface area contributed by atoms with Crippen molar-refractivity contribution in [2.75, 3.05) is 11.4 Å². The van der Waals surface area contributed by atoms with Crippen LogP contribution in [0, 0.1) is 12.3 Å². The van der Waals surface area contributed by atoms with E-state index in [1.54, 1.807) is 18.2 Å². The number of aliphatic carboxylic acids is 3. The number of rotatable bonds is 15. The highest BCUT2D eigenvalue weighted by Crippen LogP contribution is 2.39. The number of carboxylic acid groups (broad SMARTS) is 3. The molecule has 2 amide bonds. The van der Waals surface area contributed by atoms with Crippen LogP contribution in [-0.2, 0) is 32.2 Å². The van der Waals surface area contributed by atoms with E-state index in [9.17, 15) is 44.1 Å². The van der Waals surface area contributed by atoms with E-state index in [1.165, 1.54) is 12.1 Å². The lowest BCUT2D eigenvalue weighted by molar-refractivity contribution is -0.143. The maximum absolute atomic E-state index is 12.9. The SMILES string of the molecule is C#CCN(c1ccc(C(=O)N[C@@H](CCC(=O)N[C@H](CCC(=O)O)C(=O)O)C(=O)O)cc1)[C@H]1CCc2cc3nc(CO)[nH]c(=O)c3cc21. The average Bonchev–Trinajstić information content (AvgIpc) is 3.44. The normalized spacial score (nSPS) is 14.8. The van der Waals surface area contributed by atoms with Gasteiger partial charge in [-0.25, -0.2) is 14.6 Å². The largest absolute Gasteiger partial charge is 0.481 e. The zero-order valence-corrected chi connectivity index (χ0v) is 25.1. The van der Waals surface area contributed by atoms with Crippen molar-refractivity contribution in [1.29, 1.82) is 0 Å². The molecule has 0 fully saturated rings. The molecule has 246 valence electrons. The number of aryl methyl sites for hydroxylation is 1. The fourth-order valence-corrected chi connectivity index (χ4v) is 5.52. The third kappa shape index (κ3) is 8.30. The second kappa shape index (κ2) is 15.0. The lowest BCUT2D eigenvalue weighted by Crippen LogP contribution is -2.44. The highest BCUT2D eigenvalue weighted by atomic mass is 16.4. The average molecular weight is 648 g/mol. The van der Waals surface area contributed by atoms with Crippen molar-refractivity contribution >= 4 is 46.3 Å². The van der Waals surface area contributed by atoms with Crippen LogP contribution in [0.2, 0.25) is 0 Å². The summed E-state index contributed by atoms with van der Waals surface area (Å²) in [5, 5.41) is 41.9. The summed E-state index contributed by atoms with van der Waals surface area (Å²) in [5.41, 5.74) is 2.84. The van der Waals surface area contributed by atoms with Crippen molar-refractivity contribution in [3.05, 3.63) is 69.3 Å². The number of aliphatic hydroxyl groups is 1. The van der Waals surface area contributed by atoms with Gasteiger partial charge >= 0.3 is 17.9 Å². The molecule has 0 saturated heterocycles. The van der Waals surface area contributed by atoms with Crippen LogP contribution in [0.25, 0.3) is 10.9 Å². The summed E-state index contributed by atoms with van der Waals surface area (Å²) >= 11 is 0. The Hall–Kier alpha value is -5.75. The van der Waals surface area contributed by atoms with Gasteiger partial charge in [0.2, 0.25) is 5.91 Å². The number of H-pyrrole nitrogens is 1. The molecule has 15 heteroatoms. The van der Waals surface area contributed by atoms with Crippen LogP contribution in [-0.4, -0.2) is 78.7 Å². The first-order chi connectivity index (χ1) is 22.4. The molecule has 0 radical (unpaired) electrons. The fourth-order valence-electron chi connectivity index (χ4n) is 5.52. The molecule has 0 bridgehead atoms. The zero-order valence-electron chi connectivity index (χ0n) is 25.1. The number of carbonyl (C=O) groups is 5. The highest BCUT2D eigenvalue weighted by molar-refractivity contribution is 5.97.